The molecule has 1 amide bonds. The monoisotopic (exact) mass is 258 g/mol. The van der Waals surface area contributed by atoms with Crippen LogP contribution in [0.3, 0.4) is 0 Å². The summed E-state index contributed by atoms with van der Waals surface area (Å²) < 4.78 is 0. The van der Waals surface area contributed by atoms with Gasteiger partial charge in [-0.25, -0.2) is 0 Å². The fourth-order valence-corrected chi connectivity index (χ4v) is 2.60. The number of carbonyl (C=O) groups is 1. The van der Waals surface area contributed by atoms with E-state index < -0.39 is 0 Å². The number of benzene rings is 1. The van der Waals surface area contributed by atoms with Gasteiger partial charge < -0.3 is 10.6 Å². The highest BCUT2D eigenvalue weighted by Gasteiger charge is 2.20. The first kappa shape index (κ1) is 13.7. The van der Waals surface area contributed by atoms with Gasteiger partial charge in [-0.15, -0.1) is 0 Å². The van der Waals surface area contributed by atoms with Crippen LogP contribution in [0.15, 0.2) is 30.3 Å². The van der Waals surface area contributed by atoms with Crippen molar-refractivity contribution in [2.75, 3.05) is 12.8 Å². The molecule has 0 aromatic heterocycles. The molecule has 102 valence electrons. The molecular weight excluding hydrogens is 236 g/mol. The second-order valence-electron chi connectivity index (χ2n) is 5.24. The fraction of sp³-hybridized carbons (Fsp3) is 0.438. The molecule has 1 aliphatic rings. The van der Waals surface area contributed by atoms with E-state index in [1.165, 1.54) is 19.3 Å². The van der Waals surface area contributed by atoms with E-state index in [2.05, 4.69) is 0 Å². The summed E-state index contributed by atoms with van der Waals surface area (Å²) >= 11 is 0. The Balaban J connectivity index is 1.96. The van der Waals surface area contributed by atoms with Gasteiger partial charge in [0, 0.05) is 24.9 Å². The molecular formula is C16H22N2O. The zero-order chi connectivity index (χ0) is 13.7. The Bertz CT molecular complexity index is 462. The predicted molar refractivity (Wildman–Crippen MR) is 79.5 cm³/mol. The van der Waals surface area contributed by atoms with Gasteiger partial charge in [-0.3, -0.25) is 4.79 Å². The molecule has 1 fully saturated rings. The van der Waals surface area contributed by atoms with Gasteiger partial charge in [0.2, 0.25) is 5.91 Å². The molecule has 0 spiro atoms. The number of carbonyl (C=O) groups excluding carboxylic acids is 1. The highest BCUT2D eigenvalue weighted by Crippen LogP contribution is 2.21. The standard InChI is InChI=1S/C16H22N2O/c1-18(15-8-3-2-4-9-15)16(19)11-10-13-6-5-7-14(17)12-13/h5-7,10-12,15H,2-4,8-9,17H2,1H3/b11-10+. The van der Waals surface area contributed by atoms with Crippen LogP contribution in [0.1, 0.15) is 37.7 Å². The molecule has 1 aromatic carbocycles. The summed E-state index contributed by atoms with van der Waals surface area (Å²) in [5.41, 5.74) is 7.39. The van der Waals surface area contributed by atoms with Gasteiger partial charge in [0.05, 0.1) is 0 Å². The van der Waals surface area contributed by atoms with Crippen LogP contribution < -0.4 is 5.73 Å². The molecule has 0 heterocycles. The summed E-state index contributed by atoms with van der Waals surface area (Å²) in [5, 5.41) is 0. The van der Waals surface area contributed by atoms with Crippen LogP contribution in [0, 0.1) is 0 Å². The number of likely N-dealkylation sites (N-methyl/N-ethyl adjacent to an activating group) is 1. The topological polar surface area (TPSA) is 46.3 Å². The van der Waals surface area contributed by atoms with Crippen LogP contribution in [-0.4, -0.2) is 23.9 Å². The van der Waals surface area contributed by atoms with Crippen LogP contribution in [-0.2, 0) is 4.79 Å². The fourth-order valence-electron chi connectivity index (χ4n) is 2.60. The minimum Gasteiger partial charge on any atom is -0.399 e. The van der Waals surface area contributed by atoms with E-state index >= 15 is 0 Å². The first-order valence-corrected chi connectivity index (χ1v) is 6.97. The van der Waals surface area contributed by atoms with E-state index in [0.29, 0.717) is 6.04 Å². The van der Waals surface area contributed by atoms with Gasteiger partial charge >= 0.3 is 0 Å². The van der Waals surface area contributed by atoms with Crippen molar-refractivity contribution in [1.29, 1.82) is 0 Å². The molecule has 3 nitrogen and oxygen atoms in total. The maximum atomic E-state index is 12.1. The second kappa shape index (κ2) is 6.41. The number of hydrogen-bond donors (Lipinski definition) is 1. The minimum absolute atomic E-state index is 0.0781. The van der Waals surface area contributed by atoms with Crippen molar-refractivity contribution in [2.24, 2.45) is 0 Å². The molecule has 0 saturated heterocycles. The second-order valence-corrected chi connectivity index (χ2v) is 5.24. The Morgan fingerprint density at radius 1 is 1.32 bits per heavy atom. The maximum absolute atomic E-state index is 12.1. The smallest absolute Gasteiger partial charge is 0.246 e. The maximum Gasteiger partial charge on any atom is 0.246 e. The van der Waals surface area contributed by atoms with Crippen molar-refractivity contribution in [3.63, 3.8) is 0 Å². The van der Waals surface area contributed by atoms with E-state index in [9.17, 15) is 4.79 Å². The molecule has 0 radical (unpaired) electrons. The molecule has 1 saturated carbocycles. The van der Waals surface area contributed by atoms with E-state index in [1.807, 2.05) is 42.3 Å². The average Bonchev–Trinajstić information content (AvgIpc) is 2.45. The molecule has 2 N–H and O–H groups in total. The third-order valence-electron chi connectivity index (χ3n) is 3.80. The minimum atomic E-state index is 0.0781. The zero-order valence-corrected chi connectivity index (χ0v) is 11.5. The number of anilines is 1. The van der Waals surface area contributed by atoms with Crippen LogP contribution in [0.5, 0.6) is 0 Å². The third-order valence-corrected chi connectivity index (χ3v) is 3.80. The van der Waals surface area contributed by atoms with Gasteiger partial charge in [0.1, 0.15) is 0 Å². The van der Waals surface area contributed by atoms with Crippen molar-refractivity contribution in [1.82, 2.24) is 4.90 Å². The zero-order valence-electron chi connectivity index (χ0n) is 11.5. The van der Waals surface area contributed by atoms with Crippen LogP contribution in [0.2, 0.25) is 0 Å². The molecule has 0 aliphatic heterocycles. The summed E-state index contributed by atoms with van der Waals surface area (Å²) in [7, 11) is 1.90. The predicted octanol–water partition coefficient (Wildman–Crippen LogP) is 3.07. The van der Waals surface area contributed by atoms with E-state index in [4.69, 9.17) is 5.73 Å². The lowest BCUT2D eigenvalue weighted by atomic mass is 9.94. The number of nitrogens with zero attached hydrogens (tertiary/aromatic N) is 1. The lowest BCUT2D eigenvalue weighted by molar-refractivity contribution is -0.127. The van der Waals surface area contributed by atoms with Gasteiger partial charge in [-0.05, 0) is 36.6 Å². The highest BCUT2D eigenvalue weighted by atomic mass is 16.2. The Kier molecular flexibility index (Phi) is 4.61. The summed E-state index contributed by atoms with van der Waals surface area (Å²) in [5.74, 6) is 0.0781. The quantitative estimate of drug-likeness (QED) is 0.669. The lowest BCUT2D eigenvalue weighted by Crippen LogP contribution is -2.37. The van der Waals surface area contributed by atoms with Gasteiger partial charge in [0.15, 0.2) is 0 Å². The Labute approximate surface area is 115 Å². The van der Waals surface area contributed by atoms with Crippen molar-refractivity contribution < 1.29 is 4.79 Å². The average molecular weight is 258 g/mol. The Hall–Kier alpha value is -1.77. The first-order chi connectivity index (χ1) is 9.16. The molecule has 1 aromatic rings. The Morgan fingerprint density at radius 2 is 2.05 bits per heavy atom. The largest absolute Gasteiger partial charge is 0.399 e. The highest BCUT2D eigenvalue weighted by molar-refractivity contribution is 5.91. The normalized spacial score (nSPS) is 16.7. The van der Waals surface area contributed by atoms with E-state index in [-0.39, 0.29) is 5.91 Å². The Morgan fingerprint density at radius 3 is 2.74 bits per heavy atom. The summed E-state index contributed by atoms with van der Waals surface area (Å²) in [4.78, 5) is 14.0. The molecule has 2 rings (SSSR count). The SMILES string of the molecule is CN(C(=O)/C=C/c1cccc(N)c1)C1CCCCC1. The number of nitrogen functional groups attached to an aromatic ring is 1. The first-order valence-electron chi connectivity index (χ1n) is 6.97. The van der Waals surface area contributed by atoms with Crippen LogP contribution in [0.25, 0.3) is 6.08 Å². The summed E-state index contributed by atoms with van der Waals surface area (Å²) in [6, 6.07) is 7.95. The third kappa shape index (κ3) is 3.85. The van der Waals surface area contributed by atoms with Crippen LogP contribution in [0.4, 0.5) is 5.69 Å². The lowest BCUT2D eigenvalue weighted by Gasteiger charge is -2.30. The van der Waals surface area contributed by atoms with Crippen molar-refractivity contribution in [3.05, 3.63) is 35.9 Å². The van der Waals surface area contributed by atoms with Crippen LogP contribution >= 0.6 is 0 Å². The van der Waals surface area contributed by atoms with Gasteiger partial charge in [-0.1, -0.05) is 31.4 Å². The number of rotatable bonds is 3. The molecule has 1 aliphatic carbocycles. The molecule has 0 unspecified atom stereocenters. The molecule has 0 bridgehead atoms. The summed E-state index contributed by atoms with van der Waals surface area (Å²) in [6.45, 7) is 0. The molecule has 0 atom stereocenters. The van der Waals surface area contributed by atoms with Crippen molar-refractivity contribution >= 4 is 17.7 Å². The molecule has 3 heteroatoms. The van der Waals surface area contributed by atoms with E-state index in [0.717, 1.165) is 24.1 Å². The molecule has 19 heavy (non-hydrogen) atoms. The summed E-state index contributed by atoms with van der Waals surface area (Å²) in [6.07, 6.45) is 9.52. The number of amides is 1. The number of hydrogen-bond acceptors (Lipinski definition) is 2. The van der Waals surface area contributed by atoms with E-state index in [1.54, 1.807) is 6.08 Å². The number of nitrogens with two attached hydrogens (primary N) is 1. The van der Waals surface area contributed by atoms with Crippen molar-refractivity contribution in [3.8, 4) is 0 Å². The van der Waals surface area contributed by atoms with Crippen molar-refractivity contribution in [2.45, 2.75) is 38.1 Å². The van der Waals surface area contributed by atoms with Gasteiger partial charge in [-0.2, -0.15) is 0 Å². The van der Waals surface area contributed by atoms with Gasteiger partial charge in [0.25, 0.3) is 0 Å².